The standard InChI is InChI=1S/C20H30N4O2.HI/c1-4-7-13-26-14-9-12-22-20(21-6-3)23-16-19(25)24-18-11-8-10-17(5-2)15-18;/h2,8,10-11,15H,4,6-7,9,12-14,16H2,1,3H3,(H,24,25)(H2,21,22,23);1H. The number of terminal acetylenes is 1. The molecule has 0 spiro atoms. The van der Waals surface area contributed by atoms with Crippen molar-refractivity contribution in [1.82, 2.24) is 10.6 Å². The topological polar surface area (TPSA) is 74.8 Å². The van der Waals surface area contributed by atoms with Gasteiger partial charge < -0.3 is 20.7 Å². The third-order valence-electron chi connectivity index (χ3n) is 3.44. The molecule has 0 saturated carbocycles. The van der Waals surface area contributed by atoms with Crippen molar-refractivity contribution in [2.75, 3.05) is 38.2 Å². The van der Waals surface area contributed by atoms with E-state index in [-0.39, 0.29) is 36.4 Å². The van der Waals surface area contributed by atoms with E-state index in [0.29, 0.717) is 11.6 Å². The van der Waals surface area contributed by atoms with Crippen molar-refractivity contribution in [2.45, 2.75) is 33.1 Å². The molecule has 0 radical (unpaired) electrons. The molecule has 0 bridgehead atoms. The fourth-order valence-electron chi connectivity index (χ4n) is 2.11. The number of halogens is 1. The normalized spacial score (nSPS) is 10.5. The Kier molecular flexibility index (Phi) is 15.3. The summed E-state index contributed by atoms with van der Waals surface area (Å²) in [5.74, 6) is 2.97. The SMILES string of the molecule is C#Cc1cccc(NC(=O)CN=C(NCC)NCCCOCCCC)c1.I. The van der Waals surface area contributed by atoms with E-state index in [4.69, 9.17) is 11.2 Å². The lowest BCUT2D eigenvalue weighted by atomic mass is 10.2. The van der Waals surface area contributed by atoms with Crippen LogP contribution in [0.2, 0.25) is 0 Å². The summed E-state index contributed by atoms with van der Waals surface area (Å²) in [6.07, 6.45) is 8.49. The second kappa shape index (κ2) is 16.4. The number of aliphatic imine (C=N–C) groups is 1. The molecule has 0 unspecified atom stereocenters. The molecule has 0 aliphatic heterocycles. The average Bonchev–Trinajstić information content (AvgIpc) is 2.65. The Bertz CT molecular complexity index is 614. The summed E-state index contributed by atoms with van der Waals surface area (Å²) in [5, 5.41) is 9.12. The van der Waals surface area contributed by atoms with Crippen LogP contribution in [0, 0.1) is 12.3 Å². The molecule has 1 rings (SSSR count). The van der Waals surface area contributed by atoms with Gasteiger partial charge in [0, 0.05) is 37.6 Å². The molecule has 6 nitrogen and oxygen atoms in total. The van der Waals surface area contributed by atoms with Gasteiger partial charge in [-0.15, -0.1) is 30.4 Å². The van der Waals surface area contributed by atoms with Crippen LogP contribution in [0.1, 0.15) is 38.7 Å². The summed E-state index contributed by atoms with van der Waals surface area (Å²) in [7, 11) is 0. The molecule has 0 atom stereocenters. The van der Waals surface area contributed by atoms with Gasteiger partial charge in [0.05, 0.1) is 0 Å². The van der Waals surface area contributed by atoms with E-state index in [0.717, 1.165) is 51.1 Å². The number of nitrogens with zero attached hydrogens (tertiary/aromatic N) is 1. The highest BCUT2D eigenvalue weighted by Gasteiger charge is 2.03. The predicted octanol–water partition coefficient (Wildman–Crippen LogP) is 2.99. The first-order valence-electron chi connectivity index (χ1n) is 9.16. The molecule has 0 aliphatic carbocycles. The van der Waals surface area contributed by atoms with Crippen LogP contribution in [-0.4, -0.2) is 44.7 Å². The summed E-state index contributed by atoms with van der Waals surface area (Å²) in [5.41, 5.74) is 1.39. The number of carbonyl (C=O) groups excluding carboxylic acids is 1. The van der Waals surface area contributed by atoms with Crippen LogP contribution in [0.5, 0.6) is 0 Å². The van der Waals surface area contributed by atoms with E-state index in [1.807, 2.05) is 19.1 Å². The molecule has 0 aromatic heterocycles. The van der Waals surface area contributed by atoms with Gasteiger partial charge in [0.1, 0.15) is 6.54 Å². The Balaban J connectivity index is 0.00000676. The third-order valence-corrected chi connectivity index (χ3v) is 3.44. The van der Waals surface area contributed by atoms with E-state index in [2.05, 4.69) is 33.8 Å². The van der Waals surface area contributed by atoms with Gasteiger partial charge in [-0.25, -0.2) is 4.99 Å². The second-order valence-corrected chi connectivity index (χ2v) is 5.71. The Labute approximate surface area is 180 Å². The molecule has 1 aromatic rings. The number of nitrogens with one attached hydrogen (secondary N) is 3. The summed E-state index contributed by atoms with van der Waals surface area (Å²) >= 11 is 0. The summed E-state index contributed by atoms with van der Waals surface area (Å²) in [6.45, 7) is 7.16. The number of ether oxygens (including phenoxy) is 1. The maximum atomic E-state index is 12.1. The van der Waals surface area contributed by atoms with Crippen LogP contribution >= 0.6 is 24.0 Å². The molecule has 0 aliphatic rings. The predicted molar refractivity (Wildman–Crippen MR) is 123 cm³/mol. The van der Waals surface area contributed by atoms with Crippen molar-refractivity contribution < 1.29 is 9.53 Å². The molecule has 1 amide bonds. The molecule has 27 heavy (non-hydrogen) atoms. The summed E-state index contributed by atoms with van der Waals surface area (Å²) < 4.78 is 5.52. The number of benzene rings is 1. The van der Waals surface area contributed by atoms with Gasteiger partial charge in [-0.3, -0.25) is 4.79 Å². The number of unbranched alkanes of at least 4 members (excludes halogenated alkanes) is 1. The average molecular weight is 486 g/mol. The monoisotopic (exact) mass is 486 g/mol. The number of hydrogen-bond donors (Lipinski definition) is 3. The highest BCUT2D eigenvalue weighted by molar-refractivity contribution is 14.0. The molecule has 150 valence electrons. The number of guanidine groups is 1. The molecular formula is C20H31IN4O2. The van der Waals surface area contributed by atoms with Crippen LogP contribution in [0.4, 0.5) is 5.69 Å². The van der Waals surface area contributed by atoms with Crippen LogP contribution in [0.25, 0.3) is 0 Å². The molecule has 0 saturated heterocycles. The maximum absolute atomic E-state index is 12.1. The van der Waals surface area contributed by atoms with E-state index in [9.17, 15) is 4.79 Å². The maximum Gasteiger partial charge on any atom is 0.246 e. The number of amides is 1. The van der Waals surface area contributed by atoms with E-state index < -0.39 is 0 Å². The lowest BCUT2D eigenvalue weighted by Gasteiger charge is -2.11. The minimum atomic E-state index is -0.195. The number of carbonyl (C=O) groups is 1. The van der Waals surface area contributed by atoms with Crippen LogP contribution < -0.4 is 16.0 Å². The molecule has 3 N–H and O–H groups in total. The largest absolute Gasteiger partial charge is 0.381 e. The van der Waals surface area contributed by atoms with Gasteiger partial charge in [-0.2, -0.15) is 0 Å². The minimum absolute atomic E-state index is 0. The van der Waals surface area contributed by atoms with Gasteiger partial charge in [-0.1, -0.05) is 25.3 Å². The van der Waals surface area contributed by atoms with Crippen molar-refractivity contribution in [3.63, 3.8) is 0 Å². The van der Waals surface area contributed by atoms with Crippen molar-refractivity contribution >= 4 is 41.5 Å². The van der Waals surface area contributed by atoms with Crippen LogP contribution in [0.3, 0.4) is 0 Å². The lowest BCUT2D eigenvalue weighted by molar-refractivity contribution is -0.114. The van der Waals surface area contributed by atoms with E-state index in [1.165, 1.54) is 0 Å². The third kappa shape index (κ3) is 12.3. The van der Waals surface area contributed by atoms with Gasteiger partial charge in [0.2, 0.25) is 5.91 Å². The molecule has 1 aromatic carbocycles. The summed E-state index contributed by atoms with van der Waals surface area (Å²) in [4.78, 5) is 16.4. The zero-order valence-electron chi connectivity index (χ0n) is 16.2. The molecule has 0 fully saturated rings. The van der Waals surface area contributed by atoms with E-state index in [1.54, 1.807) is 12.1 Å². The molecular weight excluding hydrogens is 455 g/mol. The zero-order valence-corrected chi connectivity index (χ0v) is 18.5. The van der Waals surface area contributed by atoms with E-state index >= 15 is 0 Å². The van der Waals surface area contributed by atoms with Gasteiger partial charge in [0.15, 0.2) is 5.96 Å². The first kappa shape index (κ1) is 25.2. The van der Waals surface area contributed by atoms with Gasteiger partial charge in [-0.05, 0) is 38.0 Å². The van der Waals surface area contributed by atoms with Crippen molar-refractivity contribution in [2.24, 2.45) is 4.99 Å². The fraction of sp³-hybridized carbons (Fsp3) is 0.500. The Hall–Kier alpha value is -1.79. The second-order valence-electron chi connectivity index (χ2n) is 5.71. The van der Waals surface area contributed by atoms with Crippen LogP contribution in [0.15, 0.2) is 29.3 Å². The zero-order chi connectivity index (χ0) is 19.0. The van der Waals surface area contributed by atoms with Crippen LogP contribution in [-0.2, 0) is 9.53 Å². The lowest BCUT2D eigenvalue weighted by Crippen LogP contribution is -2.38. The number of rotatable bonds is 11. The number of hydrogen-bond acceptors (Lipinski definition) is 3. The quantitative estimate of drug-likeness (QED) is 0.148. The first-order chi connectivity index (χ1) is 12.7. The van der Waals surface area contributed by atoms with Crippen molar-refractivity contribution in [3.05, 3.63) is 29.8 Å². The Morgan fingerprint density at radius 1 is 1.22 bits per heavy atom. The highest BCUT2D eigenvalue weighted by atomic mass is 127. The highest BCUT2D eigenvalue weighted by Crippen LogP contribution is 2.09. The minimum Gasteiger partial charge on any atom is -0.381 e. The smallest absolute Gasteiger partial charge is 0.246 e. The Morgan fingerprint density at radius 2 is 2.00 bits per heavy atom. The fourth-order valence-corrected chi connectivity index (χ4v) is 2.11. The number of anilines is 1. The van der Waals surface area contributed by atoms with Gasteiger partial charge in [0.25, 0.3) is 0 Å². The molecule has 7 heteroatoms. The first-order valence-corrected chi connectivity index (χ1v) is 9.16. The Morgan fingerprint density at radius 3 is 2.70 bits per heavy atom. The van der Waals surface area contributed by atoms with Crippen molar-refractivity contribution in [3.8, 4) is 12.3 Å². The van der Waals surface area contributed by atoms with Crippen molar-refractivity contribution in [1.29, 1.82) is 0 Å². The summed E-state index contributed by atoms with van der Waals surface area (Å²) in [6, 6.07) is 7.17. The van der Waals surface area contributed by atoms with Gasteiger partial charge >= 0.3 is 0 Å². The molecule has 0 heterocycles.